The van der Waals surface area contributed by atoms with Crippen molar-refractivity contribution < 1.29 is 14.2 Å². The number of anilines is 2. The summed E-state index contributed by atoms with van der Waals surface area (Å²) < 4.78 is 4.97. The van der Waals surface area contributed by atoms with Crippen LogP contribution >= 0.6 is 11.6 Å². The van der Waals surface area contributed by atoms with Gasteiger partial charge in [-0.15, -0.1) is 0 Å². The highest BCUT2D eigenvalue weighted by molar-refractivity contribution is 6.30. The lowest BCUT2D eigenvalue weighted by molar-refractivity contribution is -0.914. The van der Waals surface area contributed by atoms with E-state index in [0.29, 0.717) is 11.6 Å². The Hall–Kier alpha value is -2.05. The Morgan fingerprint density at radius 2 is 2.12 bits per heavy atom. The molecule has 1 atom stereocenters. The zero-order chi connectivity index (χ0) is 17.1. The van der Waals surface area contributed by atoms with E-state index in [1.165, 1.54) is 4.90 Å². The summed E-state index contributed by atoms with van der Waals surface area (Å²) >= 11 is 6.07. The number of aryl methyl sites for hydroxylation is 1. The first-order chi connectivity index (χ1) is 11.5. The minimum Gasteiger partial charge on any atom is -0.360 e. The maximum absolute atomic E-state index is 12.4. The number of hydrogen-bond acceptors (Lipinski definition) is 4. The number of piperazine rings is 1. The van der Waals surface area contributed by atoms with Gasteiger partial charge in [0.1, 0.15) is 5.76 Å². The smallest absolute Gasteiger partial charge is 0.283 e. The van der Waals surface area contributed by atoms with Crippen molar-refractivity contribution in [1.82, 2.24) is 5.16 Å². The zero-order valence-corrected chi connectivity index (χ0v) is 14.6. The summed E-state index contributed by atoms with van der Waals surface area (Å²) in [6, 6.07) is 9.48. The molecular weight excluding hydrogens is 328 g/mol. The topological polar surface area (TPSA) is 62.8 Å². The highest BCUT2D eigenvalue weighted by Gasteiger charge is 2.29. The molecule has 1 aliphatic heterocycles. The lowest BCUT2D eigenvalue weighted by atomic mass is 10.2. The largest absolute Gasteiger partial charge is 0.360 e. The third-order valence-electron chi connectivity index (χ3n) is 4.46. The maximum atomic E-state index is 12.4. The summed E-state index contributed by atoms with van der Waals surface area (Å²) in [7, 11) is 0. The molecule has 2 heterocycles. The van der Waals surface area contributed by atoms with Crippen LogP contribution in [0.3, 0.4) is 0 Å². The van der Waals surface area contributed by atoms with Crippen LogP contribution in [0.2, 0.25) is 5.02 Å². The minimum atomic E-state index is -0.136. The van der Waals surface area contributed by atoms with E-state index in [-0.39, 0.29) is 11.9 Å². The molecule has 0 radical (unpaired) electrons. The molecule has 6 nitrogen and oxygen atoms in total. The predicted molar refractivity (Wildman–Crippen MR) is 93.7 cm³/mol. The Bertz CT molecular complexity index is 710. The number of carbonyl (C=O) groups excluding carboxylic acids is 1. The summed E-state index contributed by atoms with van der Waals surface area (Å²) in [4.78, 5) is 15.9. The Morgan fingerprint density at radius 3 is 2.75 bits per heavy atom. The summed E-state index contributed by atoms with van der Waals surface area (Å²) in [5, 5.41) is 7.37. The molecule has 1 fully saturated rings. The number of amides is 1. The monoisotopic (exact) mass is 349 g/mol. The molecule has 0 unspecified atom stereocenters. The van der Waals surface area contributed by atoms with Crippen molar-refractivity contribution in [3.63, 3.8) is 0 Å². The van der Waals surface area contributed by atoms with Crippen LogP contribution in [0, 0.1) is 6.92 Å². The number of hydrogen-bond donors (Lipinski definition) is 2. The van der Waals surface area contributed by atoms with Crippen LogP contribution in [0.15, 0.2) is 34.9 Å². The molecule has 1 aliphatic rings. The Labute approximate surface area is 146 Å². The van der Waals surface area contributed by atoms with E-state index in [0.717, 1.165) is 36.9 Å². The van der Waals surface area contributed by atoms with Crippen molar-refractivity contribution in [2.45, 2.75) is 19.9 Å². The molecule has 0 saturated carbocycles. The molecule has 1 aromatic heterocycles. The molecule has 3 rings (SSSR count). The Kier molecular flexibility index (Phi) is 5.06. The van der Waals surface area contributed by atoms with Gasteiger partial charge in [-0.05, 0) is 32.0 Å². The van der Waals surface area contributed by atoms with Crippen LogP contribution < -0.4 is 15.1 Å². The van der Waals surface area contributed by atoms with E-state index < -0.39 is 0 Å². The minimum absolute atomic E-state index is 0.0329. The van der Waals surface area contributed by atoms with Crippen molar-refractivity contribution >= 4 is 29.0 Å². The van der Waals surface area contributed by atoms with Crippen LogP contribution in [-0.2, 0) is 4.79 Å². The summed E-state index contributed by atoms with van der Waals surface area (Å²) in [5.41, 5.74) is 1.14. The summed E-state index contributed by atoms with van der Waals surface area (Å²) in [6.07, 6.45) is 0. The van der Waals surface area contributed by atoms with E-state index in [1.807, 2.05) is 25.1 Å². The van der Waals surface area contributed by atoms with Gasteiger partial charge in [0.05, 0.1) is 26.2 Å². The van der Waals surface area contributed by atoms with E-state index in [4.69, 9.17) is 16.1 Å². The van der Waals surface area contributed by atoms with Gasteiger partial charge in [0.2, 0.25) is 0 Å². The van der Waals surface area contributed by atoms with Crippen LogP contribution in [-0.4, -0.2) is 43.3 Å². The highest BCUT2D eigenvalue weighted by Crippen LogP contribution is 2.19. The maximum Gasteiger partial charge on any atom is 0.283 e. The fraction of sp³-hybridized carbons (Fsp3) is 0.412. The quantitative estimate of drug-likeness (QED) is 0.875. The molecule has 7 heteroatoms. The van der Waals surface area contributed by atoms with Gasteiger partial charge in [-0.3, -0.25) is 4.79 Å². The summed E-state index contributed by atoms with van der Waals surface area (Å²) in [6.45, 7) is 7.35. The average Bonchev–Trinajstić information content (AvgIpc) is 2.99. The number of quaternary nitrogens is 1. The van der Waals surface area contributed by atoms with Crippen molar-refractivity contribution in [1.29, 1.82) is 0 Å². The van der Waals surface area contributed by atoms with Crippen molar-refractivity contribution in [3.8, 4) is 0 Å². The van der Waals surface area contributed by atoms with Gasteiger partial charge >= 0.3 is 0 Å². The first-order valence-electron chi connectivity index (χ1n) is 8.12. The molecular formula is C17H22ClN4O2+. The normalized spacial score (nSPS) is 16.9. The number of halogens is 1. The van der Waals surface area contributed by atoms with Gasteiger partial charge in [-0.1, -0.05) is 22.8 Å². The second-order valence-corrected chi connectivity index (χ2v) is 6.60. The molecule has 0 aliphatic carbocycles. The number of nitrogens with one attached hydrogen (secondary N) is 2. The molecule has 0 bridgehead atoms. The van der Waals surface area contributed by atoms with Gasteiger partial charge in [-0.2, -0.15) is 0 Å². The third-order valence-corrected chi connectivity index (χ3v) is 4.70. The first kappa shape index (κ1) is 16.8. The number of benzene rings is 1. The van der Waals surface area contributed by atoms with Gasteiger partial charge in [0.25, 0.3) is 5.91 Å². The van der Waals surface area contributed by atoms with Crippen molar-refractivity contribution in [2.75, 3.05) is 36.4 Å². The van der Waals surface area contributed by atoms with E-state index in [2.05, 4.69) is 21.4 Å². The van der Waals surface area contributed by atoms with Gasteiger partial charge in [0, 0.05) is 16.8 Å². The number of carbonyl (C=O) groups is 1. The molecule has 0 spiro atoms. The predicted octanol–water partition coefficient (Wildman–Crippen LogP) is 1.37. The number of nitrogens with zero attached hydrogens (tertiary/aromatic N) is 2. The Morgan fingerprint density at radius 1 is 1.38 bits per heavy atom. The van der Waals surface area contributed by atoms with Gasteiger partial charge < -0.3 is 19.6 Å². The third kappa shape index (κ3) is 3.88. The Balaban J connectivity index is 1.54. The molecule has 1 saturated heterocycles. The molecule has 24 heavy (non-hydrogen) atoms. The number of rotatable bonds is 4. The summed E-state index contributed by atoms with van der Waals surface area (Å²) in [5.74, 6) is 1.12. The fourth-order valence-corrected chi connectivity index (χ4v) is 3.19. The standard InChI is InChI=1S/C17H21ClN4O2/c1-12-10-16(20-24-12)19-17(23)13(2)21-6-8-22(9-7-21)15-5-3-4-14(18)11-15/h3-5,10-11,13H,6-9H2,1-2H3,(H,19,20,23)/p+1/t13-/m1/s1. The average molecular weight is 350 g/mol. The van der Waals surface area contributed by atoms with E-state index in [1.54, 1.807) is 13.0 Å². The van der Waals surface area contributed by atoms with E-state index >= 15 is 0 Å². The van der Waals surface area contributed by atoms with E-state index in [9.17, 15) is 4.79 Å². The lowest BCUT2D eigenvalue weighted by Gasteiger charge is -2.36. The second kappa shape index (κ2) is 7.23. The molecule has 2 N–H and O–H groups in total. The van der Waals surface area contributed by atoms with Crippen LogP contribution in [0.5, 0.6) is 0 Å². The molecule has 1 aromatic carbocycles. The van der Waals surface area contributed by atoms with Gasteiger partial charge in [0.15, 0.2) is 11.9 Å². The number of aromatic nitrogens is 1. The zero-order valence-electron chi connectivity index (χ0n) is 13.9. The van der Waals surface area contributed by atoms with Crippen molar-refractivity contribution in [3.05, 3.63) is 41.1 Å². The van der Waals surface area contributed by atoms with Crippen LogP contribution in [0.4, 0.5) is 11.5 Å². The molecule has 1 amide bonds. The highest BCUT2D eigenvalue weighted by atomic mass is 35.5. The fourth-order valence-electron chi connectivity index (χ4n) is 3.00. The SMILES string of the molecule is Cc1cc(NC(=O)[C@@H](C)[NH+]2CCN(c3cccc(Cl)c3)CC2)no1. The van der Waals surface area contributed by atoms with Crippen molar-refractivity contribution in [2.24, 2.45) is 0 Å². The molecule has 2 aromatic rings. The lowest BCUT2D eigenvalue weighted by Crippen LogP contribution is -3.19. The molecule has 128 valence electrons. The second-order valence-electron chi connectivity index (χ2n) is 6.16. The van der Waals surface area contributed by atoms with Gasteiger partial charge in [-0.25, -0.2) is 0 Å². The van der Waals surface area contributed by atoms with Crippen LogP contribution in [0.1, 0.15) is 12.7 Å². The first-order valence-corrected chi connectivity index (χ1v) is 8.50. The van der Waals surface area contributed by atoms with Crippen LogP contribution in [0.25, 0.3) is 0 Å².